The smallest absolute Gasteiger partial charge is 0.191 e. The van der Waals surface area contributed by atoms with Crippen LogP contribution in [0.4, 0.5) is 4.39 Å². The normalized spacial score (nSPS) is 10.7. The van der Waals surface area contributed by atoms with Crippen LogP contribution in [0.1, 0.15) is 18.1 Å². The molecule has 2 aromatic carbocycles. The highest BCUT2D eigenvalue weighted by Crippen LogP contribution is 2.33. The highest BCUT2D eigenvalue weighted by Gasteiger charge is 2.13. The van der Waals surface area contributed by atoms with Gasteiger partial charge in [-0.15, -0.1) is 24.0 Å². The zero-order chi connectivity index (χ0) is 19.6. The summed E-state index contributed by atoms with van der Waals surface area (Å²) in [6.07, 6.45) is 0. The number of methoxy groups -OCH3 is 3. The number of rotatable bonds is 8. The molecule has 0 fully saturated rings. The number of halogens is 2. The Bertz CT molecular complexity index is 745. The Balaban J connectivity index is 0.00000392. The zero-order valence-corrected chi connectivity index (χ0v) is 18.9. The molecule has 0 aliphatic rings. The van der Waals surface area contributed by atoms with E-state index < -0.39 is 0 Å². The maximum atomic E-state index is 13.0. The van der Waals surface area contributed by atoms with Crippen LogP contribution < -0.4 is 24.8 Å². The predicted molar refractivity (Wildman–Crippen MR) is 120 cm³/mol. The van der Waals surface area contributed by atoms with E-state index in [1.54, 1.807) is 33.5 Å². The monoisotopic (exact) mass is 503 g/mol. The van der Waals surface area contributed by atoms with Gasteiger partial charge in [-0.05, 0) is 24.6 Å². The molecule has 0 aliphatic carbocycles. The summed E-state index contributed by atoms with van der Waals surface area (Å²) >= 11 is 0. The van der Waals surface area contributed by atoms with Crippen molar-refractivity contribution in [2.24, 2.45) is 4.99 Å². The molecule has 0 heterocycles. The van der Waals surface area contributed by atoms with Crippen molar-refractivity contribution in [3.63, 3.8) is 0 Å². The Kier molecular flexibility index (Phi) is 10.4. The van der Waals surface area contributed by atoms with Gasteiger partial charge in [-0.2, -0.15) is 0 Å². The third-order valence-corrected chi connectivity index (χ3v) is 3.93. The molecule has 0 spiro atoms. The summed E-state index contributed by atoms with van der Waals surface area (Å²) < 4.78 is 29.2. The fourth-order valence-corrected chi connectivity index (χ4v) is 2.53. The number of nitrogens with one attached hydrogen (secondary N) is 2. The van der Waals surface area contributed by atoms with Crippen LogP contribution in [0.3, 0.4) is 0 Å². The standard InChI is InChI=1S/C20H26FN3O3.HI/c1-5-22-20(23-12-14-6-8-15(21)9-7-14)24-13-17-18(26-3)10-16(25-2)11-19(17)27-4;/h6-11H,5,12-13H2,1-4H3,(H2,22,23,24);1H. The molecule has 2 rings (SSSR count). The maximum absolute atomic E-state index is 13.0. The van der Waals surface area contributed by atoms with E-state index in [-0.39, 0.29) is 29.8 Å². The Hall–Kier alpha value is -2.23. The maximum Gasteiger partial charge on any atom is 0.191 e. The number of guanidine groups is 1. The SMILES string of the molecule is CCNC(=NCc1ccc(F)cc1)NCc1c(OC)cc(OC)cc1OC.I. The molecule has 6 nitrogen and oxygen atoms in total. The van der Waals surface area contributed by atoms with Gasteiger partial charge in [-0.1, -0.05) is 12.1 Å². The van der Waals surface area contributed by atoms with Crippen molar-refractivity contribution in [3.05, 3.63) is 53.3 Å². The van der Waals surface area contributed by atoms with Gasteiger partial charge in [0.05, 0.1) is 40.0 Å². The minimum Gasteiger partial charge on any atom is -0.496 e. The van der Waals surface area contributed by atoms with E-state index in [1.165, 1.54) is 12.1 Å². The van der Waals surface area contributed by atoms with Gasteiger partial charge < -0.3 is 24.8 Å². The van der Waals surface area contributed by atoms with Gasteiger partial charge in [0.2, 0.25) is 0 Å². The second-order valence-electron chi connectivity index (χ2n) is 5.69. The highest BCUT2D eigenvalue weighted by molar-refractivity contribution is 14.0. The molecular formula is C20H27FIN3O3. The summed E-state index contributed by atoms with van der Waals surface area (Å²) in [7, 11) is 4.80. The summed E-state index contributed by atoms with van der Waals surface area (Å²) in [6, 6.07) is 9.91. The molecule has 0 unspecified atom stereocenters. The topological polar surface area (TPSA) is 64.1 Å². The second-order valence-corrected chi connectivity index (χ2v) is 5.69. The fourth-order valence-electron chi connectivity index (χ4n) is 2.53. The molecule has 8 heteroatoms. The van der Waals surface area contributed by atoms with Gasteiger partial charge in [0, 0.05) is 18.7 Å². The van der Waals surface area contributed by atoms with Gasteiger partial charge in [0.1, 0.15) is 23.1 Å². The van der Waals surface area contributed by atoms with Crippen molar-refractivity contribution in [1.82, 2.24) is 10.6 Å². The number of aliphatic imine (C=N–C) groups is 1. The van der Waals surface area contributed by atoms with Gasteiger partial charge in [0.15, 0.2) is 5.96 Å². The van der Waals surface area contributed by atoms with Crippen LogP contribution in [0, 0.1) is 5.82 Å². The first kappa shape index (κ1) is 23.8. The minimum absolute atomic E-state index is 0. The molecule has 0 bridgehead atoms. The summed E-state index contributed by atoms with van der Waals surface area (Å²) in [5.41, 5.74) is 1.78. The van der Waals surface area contributed by atoms with Gasteiger partial charge >= 0.3 is 0 Å². The van der Waals surface area contributed by atoms with E-state index in [1.807, 2.05) is 19.1 Å². The van der Waals surface area contributed by atoms with Crippen molar-refractivity contribution < 1.29 is 18.6 Å². The van der Waals surface area contributed by atoms with Crippen LogP contribution in [0.2, 0.25) is 0 Å². The first-order valence-electron chi connectivity index (χ1n) is 8.66. The molecule has 0 radical (unpaired) electrons. The van der Waals surface area contributed by atoms with E-state index in [4.69, 9.17) is 14.2 Å². The van der Waals surface area contributed by atoms with Gasteiger partial charge in [-0.3, -0.25) is 0 Å². The van der Waals surface area contributed by atoms with E-state index >= 15 is 0 Å². The lowest BCUT2D eigenvalue weighted by molar-refractivity contribution is 0.368. The Morgan fingerprint density at radius 1 is 0.964 bits per heavy atom. The highest BCUT2D eigenvalue weighted by atomic mass is 127. The molecule has 0 aromatic heterocycles. The minimum atomic E-state index is -0.258. The van der Waals surface area contributed by atoms with Crippen molar-refractivity contribution in [3.8, 4) is 17.2 Å². The lowest BCUT2D eigenvalue weighted by Gasteiger charge is -2.17. The quantitative estimate of drug-likeness (QED) is 0.327. The molecule has 0 atom stereocenters. The lowest BCUT2D eigenvalue weighted by Crippen LogP contribution is -2.37. The third-order valence-electron chi connectivity index (χ3n) is 3.93. The first-order valence-corrected chi connectivity index (χ1v) is 8.66. The summed E-state index contributed by atoms with van der Waals surface area (Å²) in [6.45, 7) is 3.59. The number of benzene rings is 2. The molecule has 0 saturated carbocycles. The van der Waals surface area contributed by atoms with Crippen molar-refractivity contribution in [2.75, 3.05) is 27.9 Å². The van der Waals surface area contributed by atoms with Gasteiger partial charge in [-0.25, -0.2) is 9.38 Å². The largest absolute Gasteiger partial charge is 0.496 e. The molecule has 0 amide bonds. The van der Waals surface area contributed by atoms with Crippen LogP contribution in [0.25, 0.3) is 0 Å². The first-order chi connectivity index (χ1) is 13.1. The molecule has 28 heavy (non-hydrogen) atoms. The summed E-state index contributed by atoms with van der Waals surface area (Å²) in [5.74, 6) is 2.36. The van der Waals surface area contributed by atoms with Crippen LogP contribution in [0.5, 0.6) is 17.2 Å². The fraction of sp³-hybridized carbons (Fsp3) is 0.350. The van der Waals surface area contributed by atoms with Gasteiger partial charge in [0.25, 0.3) is 0 Å². The van der Waals surface area contributed by atoms with Crippen molar-refractivity contribution in [2.45, 2.75) is 20.0 Å². The van der Waals surface area contributed by atoms with Crippen LogP contribution in [-0.4, -0.2) is 33.8 Å². The van der Waals surface area contributed by atoms with Crippen LogP contribution in [0.15, 0.2) is 41.4 Å². The number of ether oxygens (including phenoxy) is 3. The van der Waals surface area contributed by atoms with E-state index in [0.717, 1.165) is 11.1 Å². The van der Waals surface area contributed by atoms with Crippen LogP contribution >= 0.6 is 24.0 Å². The van der Waals surface area contributed by atoms with Crippen LogP contribution in [-0.2, 0) is 13.1 Å². The van der Waals surface area contributed by atoms with E-state index in [0.29, 0.717) is 42.8 Å². The van der Waals surface area contributed by atoms with Crippen molar-refractivity contribution >= 4 is 29.9 Å². The third kappa shape index (κ3) is 6.74. The second kappa shape index (κ2) is 12.3. The number of hydrogen-bond acceptors (Lipinski definition) is 4. The molecule has 0 aliphatic heterocycles. The van der Waals surface area contributed by atoms with Crippen molar-refractivity contribution in [1.29, 1.82) is 0 Å². The summed E-state index contributed by atoms with van der Waals surface area (Å²) in [4.78, 5) is 4.54. The Morgan fingerprint density at radius 3 is 2.07 bits per heavy atom. The predicted octanol–water partition coefficient (Wildman–Crippen LogP) is 3.72. The molecule has 2 aromatic rings. The van der Waals surface area contributed by atoms with E-state index in [9.17, 15) is 4.39 Å². The Morgan fingerprint density at radius 2 is 1.57 bits per heavy atom. The molecule has 2 N–H and O–H groups in total. The lowest BCUT2D eigenvalue weighted by atomic mass is 10.1. The summed E-state index contributed by atoms with van der Waals surface area (Å²) in [5, 5.41) is 6.46. The average Bonchev–Trinajstić information content (AvgIpc) is 2.70. The molecule has 154 valence electrons. The number of nitrogens with zero attached hydrogens (tertiary/aromatic N) is 1. The zero-order valence-electron chi connectivity index (χ0n) is 16.5. The molecular weight excluding hydrogens is 476 g/mol. The Labute approximate surface area is 182 Å². The number of hydrogen-bond donors (Lipinski definition) is 2. The average molecular weight is 503 g/mol. The molecule has 0 saturated heterocycles. The van der Waals surface area contributed by atoms with E-state index in [2.05, 4.69) is 15.6 Å².